The normalized spacial score (nSPS) is 12.8. The fourth-order valence-electron chi connectivity index (χ4n) is 2.88. The molecule has 1 aromatic heterocycles. The van der Waals surface area contributed by atoms with Crippen molar-refractivity contribution in [1.29, 1.82) is 0 Å². The highest BCUT2D eigenvalue weighted by atomic mass is 32.2. The minimum atomic E-state index is -3.68. The molecule has 0 spiro atoms. The maximum absolute atomic E-state index is 13.0. The average Bonchev–Trinajstić information content (AvgIpc) is 3.02. The average molecular weight is 457 g/mol. The number of sulfonamides is 1. The van der Waals surface area contributed by atoms with E-state index in [4.69, 9.17) is 0 Å². The molecule has 0 saturated carbocycles. The van der Waals surface area contributed by atoms with Crippen LogP contribution >= 0.6 is 23.1 Å². The molecule has 1 amide bonds. The van der Waals surface area contributed by atoms with Gasteiger partial charge in [0.2, 0.25) is 21.1 Å². The lowest BCUT2D eigenvalue weighted by Gasteiger charge is -2.30. The van der Waals surface area contributed by atoms with Gasteiger partial charge in [-0.05, 0) is 49.4 Å². The first kappa shape index (κ1) is 23.6. The monoisotopic (exact) mass is 456 g/mol. The third kappa shape index (κ3) is 6.68. The number of anilines is 2. The molecule has 0 aliphatic carbocycles. The first-order valence-electron chi connectivity index (χ1n) is 9.36. The minimum absolute atomic E-state index is 0.319. The molecule has 160 valence electrons. The fraction of sp³-hybridized carbons (Fsp3) is 0.526. The predicted molar refractivity (Wildman–Crippen MR) is 121 cm³/mol. The van der Waals surface area contributed by atoms with E-state index in [1.807, 2.05) is 19.9 Å². The molecule has 0 aliphatic heterocycles. The Morgan fingerprint density at radius 3 is 2.34 bits per heavy atom. The number of carbonyl (C=O) groups excluding carboxylic acids is 1. The van der Waals surface area contributed by atoms with E-state index in [-0.39, 0.29) is 0 Å². The number of hydrogen-bond acceptors (Lipinski definition) is 7. The summed E-state index contributed by atoms with van der Waals surface area (Å²) in [6.45, 7) is 9.82. The third-order valence-electron chi connectivity index (χ3n) is 3.97. The quantitative estimate of drug-likeness (QED) is 0.451. The summed E-state index contributed by atoms with van der Waals surface area (Å²) >= 11 is 2.88. The van der Waals surface area contributed by atoms with Crippen LogP contribution in [0.25, 0.3) is 0 Å². The summed E-state index contributed by atoms with van der Waals surface area (Å²) in [6, 6.07) is 4.62. The van der Waals surface area contributed by atoms with Gasteiger partial charge in [0.25, 0.3) is 0 Å². The van der Waals surface area contributed by atoms with Gasteiger partial charge in [-0.15, -0.1) is 10.2 Å². The van der Waals surface area contributed by atoms with Crippen LogP contribution in [0.5, 0.6) is 0 Å². The Morgan fingerprint density at radius 2 is 1.83 bits per heavy atom. The standard InChI is InChI=1S/C19H28N4O3S3/c1-7-16(17(24)20-18-21-22-19(28-18)27-11-12(2)3)23(29(6,25)26)15-9-13(4)8-14(5)10-15/h8-10,12,16H,7,11H2,1-6H3,(H,20,21,24)/t16-/m0/s1. The van der Waals surface area contributed by atoms with Crippen molar-refractivity contribution in [2.45, 2.75) is 51.4 Å². The van der Waals surface area contributed by atoms with Crippen LogP contribution in [0.2, 0.25) is 0 Å². The molecule has 0 saturated heterocycles. The van der Waals surface area contributed by atoms with Gasteiger partial charge in [-0.25, -0.2) is 8.42 Å². The maximum atomic E-state index is 13.0. The van der Waals surface area contributed by atoms with Crippen molar-refractivity contribution in [2.75, 3.05) is 21.6 Å². The highest BCUT2D eigenvalue weighted by Crippen LogP contribution is 2.29. The van der Waals surface area contributed by atoms with Crippen LogP contribution in [-0.2, 0) is 14.8 Å². The Labute approximate surface area is 181 Å². The van der Waals surface area contributed by atoms with Crippen molar-refractivity contribution < 1.29 is 13.2 Å². The van der Waals surface area contributed by atoms with E-state index < -0.39 is 22.0 Å². The van der Waals surface area contributed by atoms with E-state index in [9.17, 15) is 13.2 Å². The zero-order chi connectivity index (χ0) is 21.8. The number of carbonyl (C=O) groups is 1. The molecule has 2 aromatic rings. The van der Waals surface area contributed by atoms with Crippen LogP contribution in [0, 0.1) is 19.8 Å². The van der Waals surface area contributed by atoms with Crippen LogP contribution in [0.4, 0.5) is 10.8 Å². The Bertz CT molecular complexity index is 937. The summed E-state index contributed by atoms with van der Waals surface area (Å²) in [6.07, 6.45) is 1.44. The summed E-state index contributed by atoms with van der Waals surface area (Å²) in [7, 11) is -3.68. The maximum Gasteiger partial charge on any atom is 0.250 e. The number of amides is 1. The van der Waals surface area contributed by atoms with E-state index in [0.717, 1.165) is 27.5 Å². The van der Waals surface area contributed by atoms with Gasteiger partial charge in [-0.1, -0.05) is 49.9 Å². The third-order valence-corrected chi connectivity index (χ3v) is 7.55. The highest BCUT2D eigenvalue weighted by molar-refractivity contribution is 8.01. The Morgan fingerprint density at radius 1 is 1.21 bits per heavy atom. The lowest BCUT2D eigenvalue weighted by atomic mass is 10.1. The molecule has 7 nitrogen and oxygen atoms in total. The number of hydrogen-bond donors (Lipinski definition) is 1. The number of thioether (sulfide) groups is 1. The fourth-order valence-corrected chi connectivity index (χ4v) is 5.81. The number of aryl methyl sites for hydroxylation is 2. The number of benzene rings is 1. The summed E-state index contributed by atoms with van der Waals surface area (Å²) in [5, 5.41) is 11.2. The van der Waals surface area contributed by atoms with Crippen LogP contribution < -0.4 is 9.62 Å². The number of aromatic nitrogens is 2. The lowest BCUT2D eigenvalue weighted by molar-refractivity contribution is -0.117. The van der Waals surface area contributed by atoms with Crippen molar-refractivity contribution in [1.82, 2.24) is 10.2 Å². The van der Waals surface area contributed by atoms with Gasteiger partial charge in [-0.3, -0.25) is 14.4 Å². The molecule has 1 N–H and O–H groups in total. The van der Waals surface area contributed by atoms with Crippen LogP contribution in [0.15, 0.2) is 22.5 Å². The number of nitrogens with zero attached hydrogens (tertiary/aromatic N) is 3. The Hall–Kier alpha value is -1.65. The van der Waals surface area contributed by atoms with Gasteiger partial charge < -0.3 is 0 Å². The highest BCUT2D eigenvalue weighted by Gasteiger charge is 2.32. The van der Waals surface area contributed by atoms with E-state index in [1.165, 1.54) is 15.6 Å². The zero-order valence-corrected chi connectivity index (χ0v) is 20.0. The molecule has 10 heteroatoms. The molecule has 0 bridgehead atoms. The van der Waals surface area contributed by atoms with E-state index in [2.05, 4.69) is 29.4 Å². The van der Waals surface area contributed by atoms with Gasteiger partial charge >= 0.3 is 0 Å². The molecule has 0 aliphatic rings. The summed E-state index contributed by atoms with van der Waals surface area (Å²) < 4.78 is 27.1. The lowest BCUT2D eigenvalue weighted by Crippen LogP contribution is -2.47. The largest absolute Gasteiger partial charge is 0.299 e. The van der Waals surface area contributed by atoms with Gasteiger partial charge in [0, 0.05) is 5.75 Å². The molecule has 1 atom stereocenters. The zero-order valence-electron chi connectivity index (χ0n) is 17.6. The van der Waals surface area contributed by atoms with E-state index in [1.54, 1.807) is 30.8 Å². The topological polar surface area (TPSA) is 92.3 Å². The minimum Gasteiger partial charge on any atom is -0.299 e. The summed E-state index contributed by atoms with van der Waals surface area (Å²) in [4.78, 5) is 13.0. The van der Waals surface area contributed by atoms with E-state index >= 15 is 0 Å². The van der Waals surface area contributed by atoms with Crippen molar-refractivity contribution in [3.63, 3.8) is 0 Å². The predicted octanol–water partition coefficient (Wildman–Crippen LogP) is 4.09. The molecule has 1 heterocycles. The van der Waals surface area contributed by atoms with Crippen molar-refractivity contribution in [3.05, 3.63) is 29.3 Å². The molecular formula is C19H28N4O3S3. The molecule has 1 aromatic carbocycles. The van der Waals surface area contributed by atoms with Crippen LogP contribution in [0.1, 0.15) is 38.3 Å². The van der Waals surface area contributed by atoms with E-state index in [0.29, 0.717) is 23.2 Å². The number of nitrogens with one attached hydrogen (secondary N) is 1. The summed E-state index contributed by atoms with van der Waals surface area (Å²) in [5.41, 5.74) is 2.34. The van der Waals surface area contributed by atoms with Crippen LogP contribution in [0.3, 0.4) is 0 Å². The summed E-state index contributed by atoms with van der Waals surface area (Å²) in [5.74, 6) is 1.01. The molecule has 29 heavy (non-hydrogen) atoms. The van der Waals surface area contributed by atoms with Crippen molar-refractivity contribution in [3.8, 4) is 0 Å². The smallest absolute Gasteiger partial charge is 0.250 e. The SMILES string of the molecule is CC[C@@H](C(=O)Nc1nnc(SCC(C)C)s1)N(c1cc(C)cc(C)c1)S(C)(=O)=O. The molecular weight excluding hydrogens is 428 g/mol. The molecule has 0 fully saturated rings. The van der Waals surface area contributed by atoms with Crippen LogP contribution in [-0.4, -0.2) is 42.6 Å². The Balaban J connectivity index is 2.27. The molecule has 0 radical (unpaired) electrons. The van der Waals surface area contributed by atoms with Gasteiger partial charge in [0.15, 0.2) is 4.34 Å². The second-order valence-corrected chi connectivity index (χ2v) is 11.5. The second-order valence-electron chi connectivity index (χ2n) is 7.40. The molecule has 0 unspecified atom stereocenters. The van der Waals surface area contributed by atoms with Gasteiger partial charge in [0.05, 0.1) is 11.9 Å². The number of rotatable bonds is 9. The second kappa shape index (κ2) is 9.90. The van der Waals surface area contributed by atoms with Gasteiger partial charge in [0.1, 0.15) is 6.04 Å². The molecule has 2 rings (SSSR count). The van der Waals surface area contributed by atoms with Crippen molar-refractivity contribution in [2.24, 2.45) is 5.92 Å². The first-order valence-corrected chi connectivity index (χ1v) is 13.0. The van der Waals surface area contributed by atoms with Crippen molar-refractivity contribution >= 4 is 49.8 Å². The Kier molecular flexibility index (Phi) is 8.07. The van der Waals surface area contributed by atoms with Gasteiger partial charge in [-0.2, -0.15) is 0 Å². The first-order chi connectivity index (χ1) is 13.5.